The Kier molecular flexibility index (Phi) is 10.5. The van der Waals surface area contributed by atoms with Crippen LogP contribution in [0.25, 0.3) is 33.4 Å². The Balaban J connectivity index is 1.40. The Morgan fingerprint density at radius 3 is 1.48 bits per heavy atom. The monoisotopic (exact) mass is 873 g/mol. The number of nitrogens with zero attached hydrogens (tertiary/aromatic N) is 3. The van der Waals surface area contributed by atoms with Gasteiger partial charge in [-0.2, -0.15) is 5.26 Å². The highest BCUT2D eigenvalue weighted by molar-refractivity contribution is 5.97. The molecule has 1 heterocycles. The fourth-order valence-electron chi connectivity index (χ4n) is 10.9. The molecule has 0 bridgehead atoms. The molecule has 2 aliphatic rings. The quantitative estimate of drug-likeness (QED) is 0.152. The van der Waals surface area contributed by atoms with Crippen molar-refractivity contribution in [1.82, 2.24) is 0 Å². The molecule has 334 valence electrons. The van der Waals surface area contributed by atoms with Crippen LogP contribution < -0.4 is 9.80 Å². The van der Waals surface area contributed by atoms with Crippen LogP contribution in [0.1, 0.15) is 108 Å². The van der Waals surface area contributed by atoms with Crippen LogP contribution in [0, 0.1) is 29.6 Å². The number of anilines is 5. The highest BCUT2D eigenvalue weighted by Crippen LogP contribution is 2.69. The first-order valence-corrected chi connectivity index (χ1v) is 23.3. The Morgan fingerprint density at radius 1 is 0.606 bits per heavy atom. The van der Waals surface area contributed by atoms with E-state index in [4.69, 9.17) is 0 Å². The van der Waals surface area contributed by atoms with Crippen LogP contribution in [-0.4, -0.2) is 7.05 Å². The molecule has 3 nitrogen and oxygen atoms in total. The van der Waals surface area contributed by atoms with E-state index in [2.05, 4.69) is 156 Å². The molecule has 66 heavy (non-hydrogen) atoms. The summed E-state index contributed by atoms with van der Waals surface area (Å²) < 4.78 is 36.4. The first-order valence-electron chi connectivity index (χ1n) is 23.3. The molecule has 7 aromatic rings. The predicted octanol–water partition coefficient (Wildman–Crippen LogP) is 17.1. The van der Waals surface area contributed by atoms with Crippen molar-refractivity contribution in [3.8, 4) is 39.4 Å². The van der Waals surface area contributed by atoms with Crippen LogP contribution in [0.3, 0.4) is 0 Å². The van der Waals surface area contributed by atoms with Crippen LogP contribution >= 0.6 is 0 Å². The van der Waals surface area contributed by atoms with Crippen molar-refractivity contribution in [3.63, 3.8) is 0 Å². The fourth-order valence-corrected chi connectivity index (χ4v) is 10.9. The lowest BCUT2D eigenvalue weighted by atomic mass is 9.66. The van der Waals surface area contributed by atoms with Crippen molar-refractivity contribution in [2.75, 3.05) is 16.8 Å². The second kappa shape index (κ2) is 15.6. The van der Waals surface area contributed by atoms with Crippen molar-refractivity contribution < 1.29 is 8.78 Å². The van der Waals surface area contributed by atoms with E-state index in [1.165, 1.54) is 0 Å². The summed E-state index contributed by atoms with van der Waals surface area (Å²) in [4.78, 5) is 4.15. The van der Waals surface area contributed by atoms with Gasteiger partial charge in [0.15, 0.2) is 0 Å². The Labute approximate surface area is 391 Å². The van der Waals surface area contributed by atoms with Gasteiger partial charge in [-0.15, -0.1) is 0 Å². The maximum atomic E-state index is 18.2. The SMILES string of the molecule is Cc1c(N(C)c2ccc(-c3ccccc3)cc2C(C)(C)C(C)C)c(C#N)c(N2c3ccc(-c4ccccc4)cc3C(C)(C)c3cc(-c4ccccc4)ccc32)c2c1C(C)(C)C(C)(C)C2(F)F. The number of rotatable bonds is 8. The predicted molar refractivity (Wildman–Crippen MR) is 272 cm³/mol. The van der Waals surface area contributed by atoms with Crippen molar-refractivity contribution >= 4 is 28.4 Å². The summed E-state index contributed by atoms with van der Waals surface area (Å²) in [7, 11) is 2.02. The number of fused-ring (bicyclic) bond motifs is 3. The molecular weight excluding hydrogens is 813 g/mol. The second-order valence-electron chi connectivity index (χ2n) is 21.1. The van der Waals surface area contributed by atoms with E-state index in [-0.39, 0.29) is 28.1 Å². The maximum Gasteiger partial charge on any atom is 0.281 e. The first kappa shape index (κ1) is 44.7. The minimum absolute atomic E-state index is 0.0678. The van der Waals surface area contributed by atoms with E-state index in [1.54, 1.807) is 13.8 Å². The van der Waals surface area contributed by atoms with Gasteiger partial charge in [0, 0.05) is 29.0 Å². The molecule has 0 amide bonds. The molecule has 0 N–H and O–H groups in total. The highest BCUT2D eigenvalue weighted by atomic mass is 19.3. The minimum atomic E-state index is -3.32. The van der Waals surface area contributed by atoms with Crippen LogP contribution in [0.2, 0.25) is 0 Å². The Hall–Kier alpha value is -6.51. The Bertz CT molecular complexity index is 2970. The lowest BCUT2D eigenvalue weighted by molar-refractivity contribution is -0.124. The molecular formula is C61H61F2N3. The molecule has 9 rings (SSSR count). The zero-order valence-electron chi connectivity index (χ0n) is 40.5. The van der Waals surface area contributed by atoms with Gasteiger partial charge in [0.2, 0.25) is 0 Å². The van der Waals surface area contributed by atoms with E-state index in [0.717, 1.165) is 67.1 Å². The molecule has 0 aromatic heterocycles. The lowest BCUT2D eigenvalue weighted by Crippen LogP contribution is -2.41. The van der Waals surface area contributed by atoms with Crippen LogP contribution in [0.5, 0.6) is 0 Å². The van der Waals surface area contributed by atoms with E-state index in [0.29, 0.717) is 16.8 Å². The molecule has 0 fully saturated rings. The molecule has 7 aromatic carbocycles. The largest absolute Gasteiger partial charge is 0.343 e. The topological polar surface area (TPSA) is 30.3 Å². The van der Waals surface area contributed by atoms with Crippen molar-refractivity contribution in [2.24, 2.45) is 11.3 Å². The standard InChI is InChI=1S/C61H61F2N3/c1-38(2)57(4,5)47-34-43(40-22-16-13-17-23-40)28-31-50(47)65(12)55-39(3)53-54(61(62,63)60(10,11)59(53,8)9)56(46(55)37-64)66-51-32-29-44(41-24-18-14-19-25-41)35-48(51)58(6,7)49-36-45(30-33-52(49)66)42-26-20-15-21-27-42/h13-36,38H,1-12H3. The minimum Gasteiger partial charge on any atom is -0.343 e. The van der Waals surface area contributed by atoms with Gasteiger partial charge in [0.1, 0.15) is 11.6 Å². The molecule has 5 heteroatoms. The third-order valence-electron chi connectivity index (χ3n) is 16.3. The highest BCUT2D eigenvalue weighted by Gasteiger charge is 2.66. The van der Waals surface area contributed by atoms with Crippen molar-refractivity contribution in [1.29, 1.82) is 5.26 Å². The zero-order chi connectivity index (χ0) is 47.3. The van der Waals surface area contributed by atoms with Crippen LogP contribution in [0.15, 0.2) is 146 Å². The molecule has 0 saturated carbocycles. The van der Waals surface area contributed by atoms with Gasteiger partial charge in [0.25, 0.3) is 5.92 Å². The molecule has 0 unspecified atom stereocenters. The Morgan fingerprint density at radius 2 is 1.05 bits per heavy atom. The van der Waals surface area contributed by atoms with Crippen molar-refractivity contribution in [2.45, 2.75) is 98.3 Å². The van der Waals surface area contributed by atoms with Crippen LogP contribution in [0.4, 0.5) is 37.2 Å². The summed E-state index contributed by atoms with van der Waals surface area (Å²) in [6.07, 6.45) is 0. The summed E-state index contributed by atoms with van der Waals surface area (Å²) in [5.74, 6) is -3.06. The number of halogens is 2. The summed E-state index contributed by atoms with van der Waals surface area (Å²) in [6, 6.07) is 53.0. The van der Waals surface area contributed by atoms with Gasteiger partial charge in [-0.1, -0.05) is 178 Å². The molecule has 0 radical (unpaired) electrons. The van der Waals surface area contributed by atoms with Gasteiger partial charge in [-0.3, -0.25) is 0 Å². The molecule has 0 saturated heterocycles. The first-order chi connectivity index (χ1) is 31.2. The summed E-state index contributed by atoms with van der Waals surface area (Å²) >= 11 is 0. The average Bonchev–Trinajstić information content (AvgIpc) is 3.42. The van der Waals surface area contributed by atoms with Gasteiger partial charge < -0.3 is 9.80 Å². The second-order valence-corrected chi connectivity index (χ2v) is 21.1. The van der Waals surface area contributed by atoms with E-state index < -0.39 is 22.2 Å². The third kappa shape index (κ3) is 6.46. The van der Waals surface area contributed by atoms with Gasteiger partial charge in [0.05, 0.1) is 28.3 Å². The fraction of sp³-hybridized carbons (Fsp3) is 0.295. The summed E-state index contributed by atoms with van der Waals surface area (Å²) in [5.41, 5.74) is 11.0. The number of hydrogen-bond donors (Lipinski definition) is 0. The van der Waals surface area contributed by atoms with E-state index in [9.17, 15) is 5.26 Å². The van der Waals surface area contributed by atoms with Gasteiger partial charge >= 0.3 is 0 Å². The summed E-state index contributed by atoms with van der Waals surface area (Å²) in [5, 5.41) is 11.9. The lowest BCUT2D eigenvalue weighted by Gasteiger charge is -2.44. The van der Waals surface area contributed by atoms with Gasteiger partial charge in [-0.25, -0.2) is 8.78 Å². The van der Waals surface area contributed by atoms with E-state index in [1.807, 2.05) is 75.2 Å². The summed E-state index contributed by atoms with van der Waals surface area (Å²) in [6.45, 7) is 22.7. The average molecular weight is 874 g/mol. The van der Waals surface area contributed by atoms with Crippen molar-refractivity contribution in [3.05, 3.63) is 185 Å². The molecule has 1 aliphatic heterocycles. The normalized spacial score (nSPS) is 16.3. The molecule has 0 atom stereocenters. The number of nitriles is 1. The maximum absolute atomic E-state index is 18.2. The number of hydrogen-bond acceptors (Lipinski definition) is 3. The molecule has 0 spiro atoms. The zero-order valence-corrected chi connectivity index (χ0v) is 40.5. The van der Waals surface area contributed by atoms with E-state index >= 15 is 8.78 Å². The van der Waals surface area contributed by atoms with Crippen LogP contribution in [-0.2, 0) is 22.2 Å². The smallest absolute Gasteiger partial charge is 0.281 e. The van der Waals surface area contributed by atoms with Gasteiger partial charge in [-0.05, 0) is 116 Å². The number of benzene rings is 7. The third-order valence-corrected chi connectivity index (χ3v) is 16.3. The molecule has 1 aliphatic carbocycles. The number of alkyl halides is 2.